The van der Waals surface area contributed by atoms with E-state index >= 15 is 0 Å². The molecule has 1 aromatic carbocycles. The van der Waals surface area contributed by atoms with Crippen LogP contribution < -0.4 is 10.6 Å². The number of fused-ring (bicyclic) bond motifs is 1. The fraction of sp³-hybridized carbons (Fsp3) is 0.588. The molecule has 0 saturated heterocycles. The van der Waals surface area contributed by atoms with E-state index < -0.39 is 0 Å². The third-order valence-electron chi connectivity index (χ3n) is 4.68. The third-order valence-corrected chi connectivity index (χ3v) is 4.68. The Kier molecular flexibility index (Phi) is 4.24. The van der Waals surface area contributed by atoms with Crippen molar-refractivity contribution in [2.45, 2.75) is 38.5 Å². The molecular weight excluding hydrogens is 248 g/mol. The molecule has 0 radical (unpaired) electrons. The molecule has 0 spiro atoms. The van der Waals surface area contributed by atoms with Crippen molar-refractivity contribution in [2.24, 2.45) is 11.8 Å². The van der Waals surface area contributed by atoms with E-state index in [0.29, 0.717) is 5.92 Å². The van der Waals surface area contributed by atoms with Crippen molar-refractivity contribution in [3.05, 3.63) is 29.8 Å². The van der Waals surface area contributed by atoms with Crippen molar-refractivity contribution in [2.75, 3.05) is 18.4 Å². The lowest BCUT2D eigenvalue weighted by atomic mass is 9.89. The second-order valence-electron chi connectivity index (χ2n) is 6.19. The summed E-state index contributed by atoms with van der Waals surface area (Å²) in [5.74, 6) is 1.00. The molecule has 1 heterocycles. The van der Waals surface area contributed by atoms with Crippen LogP contribution in [0.3, 0.4) is 0 Å². The predicted octanol–water partition coefficient (Wildman–Crippen LogP) is 2.97. The average Bonchev–Trinajstić information content (AvgIpc) is 2.53. The van der Waals surface area contributed by atoms with Crippen LogP contribution in [0, 0.1) is 11.8 Å². The molecule has 20 heavy (non-hydrogen) atoms. The topological polar surface area (TPSA) is 41.1 Å². The maximum Gasteiger partial charge on any atom is 0.225 e. The van der Waals surface area contributed by atoms with Gasteiger partial charge in [0.2, 0.25) is 5.91 Å². The molecule has 3 heteroatoms. The van der Waals surface area contributed by atoms with Gasteiger partial charge in [-0.3, -0.25) is 4.79 Å². The maximum atomic E-state index is 12.3. The molecule has 1 saturated carbocycles. The van der Waals surface area contributed by atoms with Crippen molar-refractivity contribution in [1.29, 1.82) is 0 Å². The Bertz CT molecular complexity index is 466. The molecule has 1 unspecified atom stereocenters. The highest BCUT2D eigenvalue weighted by molar-refractivity contribution is 5.80. The van der Waals surface area contributed by atoms with E-state index in [1.54, 1.807) is 0 Å². The fourth-order valence-corrected chi connectivity index (χ4v) is 3.41. The number of hydrogen-bond donors (Lipinski definition) is 2. The lowest BCUT2D eigenvalue weighted by Gasteiger charge is -2.27. The summed E-state index contributed by atoms with van der Waals surface area (Å²) in [6, 6.07) is 8.28. The molecule has 1 atom stereocenters. The lowest BCUT2D eigenvalue weighted by molar-refractivity contribution is -0.124. The van der Waals surface area contributed by atoms with Crippen LogP contribution in [0.1, 0.15) is 37.7 Å². The van der Waals surface area contributed by atoms with Gasteiger partial charge in [-0.05, 0) is 36.8 Å². The van der Waals surface area contributed by atoms with Gasteiger partial charge in [-0.2, -0.15) is 0 Å². The van der Waals surface area contributed by atoms with Crippen molar-refractivity contribution in [3.8, 4) is 0 Å². The van der Waals surface area contributed by atoms with Crippen molar-refractivity contribution in [1.82, 2.24) is 5.32 Å². The first kappa shape index (κ1) is 13.5. The summed E-state index contributed by atoms with van der Waals surface area (Å²) in [4.78, 5) is 12.3. The molecular formula is C17H24N2O. The number of rotatable bonds is 3. The standard InChI is InChI=1S/C17H24N2O/c20-17(19-11-13-6-2-1-3-7-13)15-10-14-8-4-5-9-16(14)18-12-15/h4-5,8-9,13,15,18H,1-3,6-7,10-12H2,(H,19,20). The lowest BCUT2D eigenvalue weighted by Crippen LogP contribution is -2.40. The van der Waals surface area contributed by atoms with E-state index in [-0.39, 0.29) is 11.8 Å². The normalized spacial score (nSPS) is 22.7. The van der Waals surface area contributed by atoms with Crippen LogP contribution in [-0.4, -0.2) is 19.0 Å². The second-order valence-corrected chi connectivity index (χ2v) is 6.19. The molecule has 1 aromatic rings. The van der Waals surface area contributed by atoms with Gasteiger partial charge in [0.1, 0.15) is 0 Å². The zero-order valence-corrected chi connectivity index (χ0v) is 12.0. The number of nitrogens with one attached hydrogen (secondary N) is 2. The van der Waals surface area contributed by atoms with E-state index in [2.05, 4.69) is 22.8 Å². The van der Waals surface area contributed by atoms with Crippen LogP contribution in [0.15, 0.2) is 24.3 Å². The molecule has 1 aliphatic carbocycles. The number of amides is 1. The van der Waals surface area contributed by atoms with Gasteiger partial charge < -0.3 is 10.6 Å². The minimum absolute atomic E-state index is 0.0773. The number of anilines is 1. The molecule has 108 valence electrons. The summed E-state index contributed by atoms with van der Waals surface area (Å²) in [6.07, 6.45) is 7.46. The Morgan fingerprint density at radius 3 is 2.85 bits per heavy atom. The van der Waals surface area contributed by atoms with Crippen LogP contribution in [0.2, 0.25) is 0 Å². The quantitative estimate of drug-likeness (QED) is 0.888. The highest BCUT2D eigenvalue weighted by atomic mass is 16.1. The average molecular weight is 272 g/mol. The summed E-state index contributed by atoms with van der Waals surface area (Å²) < 4.78 is 0. The van der Waals surface area contributed by atoms with Gasteiger partial charge in [-0.15, -0.1) is 0 Å². The van der Waals surface area contributed by atoms with Gasteiger partial charge in [0.25, 0.3) is 0 Å². The van der Waals surface area contributed by atoms with Gasteiger partial charge in [-0.25, -0.2) is 0 Å². The van der Waals surface area contributed by atoms with E-state index in [9.17, 15) is 4.79 Å². The smallest absolute Gasteiger partial charge is 0.225 e. The maximum absolute atomic E-state index is 12.3. The highest BCUT2D eigenvalue weighted by Gasteiger charge is 2.24. The first-order valence-corrected chi connectivity index (χ1v) is 7.92. The number of hydrogen-bond acceptors (Lipinski definition) is 2. The molecule has 2 aliphatic rings. The van der Waals surface area contributed by atoms with Gasteiger partial charge in [0.05, 0.1) is 5.92 Å². The Balaban J connectivity index is 1.51. The molecule has 0 bridgehead atoms. The summed E-state index contributed by atoms with van der Waals surface area (Å²) in [7, 11) is 0. The summed E-state index contributed by atoms with van der Waals surface area (Å²) in [5, 5.41) is 6.54. The highest BCUT2D eigenvalue weighted by Crippen LogP contribution is 2.25. The summed E-state index contributed by atoms with van der Waals surface area (Å²) in [5.41, 5.74) is 2.44. The van der Waals surface area contributed by atoms with E-state index in [1.807, 2.05) is 12.1 Å². The first-order valence-electron chi connectivity index (χ1n) is 7.92. The van der Waals surface area contributed by atoms with Crippen LogP contribution in [0.25, 0.3) is 0 Å². The minimum Gasteiger partial charge on any atom is -0.384 e. The monoisotopic (exact) mass is 272 g/mol. The van der Waals surface area contributed by atoms with Crippen molar-refractivity contribution < 1.29 is 4.79 Å². The van der Waals surface area contributed by atoms with Gasteiger partial charge in [0.15, 0.2) is 0 Å². The zero-order valence-electron chi connectivity index (χ0n) is 12.0. The number of para-hydroxylation sites is 1. The zero-order chi connectivity index (χ0) is 13.8. The number of carbonyl (C=O) groups is 1. The molecule has 3 rings (SSSR count). The van der Waals surface area contributed by atoms with E-state index in [0.717, 1.165) is 19.5 Å². The Morgan fingerprint density at radius 2 is 2.00 bits per heavy atom. The van der Waals surface area contributed by atoms with E-state index in [1.165, 1.54) is 43.4 Å². The van der Waals surface area contributed by atoms with Gasteiger partial charge in [-0.1, -0.05) is 37.5 Å². The van der Waals surface area contributed by atoms with Crippen LogP contribution >= 0.6 is 0 Å². The third kappa shape index (κ3) is 3.14. The summed E-state index contributed by atoms with van der Waals surface area (Å²) in [6.45, 7) is 1.63. The van der Waals surface area contributed by atoms with Crippen LogP contribution in [-0.2, 0) is 11.2 Å². The SMILES string of the molecule is O=C(NCC1CCCCC1)C1CNc2ccccc2C1. The first-order chi connectivity index (χ1) is 9.83. The Labute approximate surface area is 121 Å². The van der Waals surface area contributed by atoms with Crippen LogP contribution in [0.4, 0.5) is 5.69 Å². The molecule has 3 nitrogen and oxygen atoms in total. The van der Waals surface area contributed by atoms with Gasteiger partial charge in [0, 0.05) is 18.8 Å². The molecule has 2 N–H and O–H groups in total. The molecule has 1 aliphatic heterocycles. The largest absolute Gasteiger partial charge is 0.384 e. The Morgan fingerprint density at radius 1 is 1.20 bits per heavy atom. The number of benzene rings is 1. The van der Waals surface area contributed by atoms with Crippen molar-refractivity contribution in [3.63, 3.8) is 0 Å². The summed E-state index contributed by atoms with van der Waals surface area (Å²) >= 11 is 0. The van der Waals surface area contributed by atoms with E-state index in [4.69, 9.17) is 0 Å². The van der Waals surface area contributed by atoms with Gasteiger partial charge >= 0.3 is 0 Å². The Hall–Kier alpha value is -1.51. The minimum atomic E-state index is 0.0773. The fourth-order valence-electron chi connectivity index (χ4n) is 3.41. The molecule has 1 amide bonds. The molecule has 0 aromatic heterocycles. The van der Waals surface area contributed by atoms with Crippen molar-refractivity contribution >= 4 is 11.6 Å². The number of carbonyl (C=O) groups excluding carboxylic acids is 1. The second kappa shape index (κ2) is 6.29. The van der Waals surface area contributed by atoms with Crippen LogP contribution in [0.5, 0.6) is 0 Å². The molecule has 1 fully saturated rings. The predicted molar refractivity (Wildman–Crippen MR) is 81.7 cm³/mol.